The van der Waals surface area contributed by atoms with Gasteiger partial charge in [-0.25, -0.2) is 9.78 Å². The molecule has 2 rings (SSSR count). The molecule has 5 nitrogen and oxygen atoms in total. The molecule has 1 saturated heterocycles. The SMILES string of the molecule is O=C(O)/C=C/c1cnc(N2CCOCC2)s1. The van der Waals surface area contributed by atoms with Crippen molar-refractivity contribution in [1.29, 1.82) is 0 Å². The monoisotopic (exact) mass is 240 g/mol. The van der Waals surface area contributed by atoms with Gasteiger partial charge in [0, 0.05) is 30.2 Å². The summed E-state index contributed by atoms with van der Waals surface area (Å²) in [5.41, 5.74) is 0. The molecule has 1 aromatic rings. The van der Waals surface area contributed by atoms with E-state index in [0.717, 1.165) is 42.4 Å². The third kappa shape index (κ3) is 2.80. The topological polar surface area (TPSA) is 62.7 Å². The molecule has 0 aliphatic carbocycles. The molecule has 0 aromatic carbocycles. The van der Waals surface area contributed by atoms with Crippen LogP contribution in [0.15, 0.2) is 12.3 Å². The van der Waals surface area contributed by atoms with Gasteiger partial charge in [-0.2, -0.15) is 0 Å². The second kappa shape index (κ2) is 5.09. The molecular formula is C10H12N2O3S. The highest BCUT2D eigenvalue weighted by molar-refractivity contribution is 7.16. The van der Waals surface area contributed by atoms with Crippen LogP contribution >= 0.6 is 11.3 Å². The van der Waals surface area contributed by atoms with Gasteiger partial charge in [0.15, 0.2) is 5.13 Å². The van der Waals surface area contributed by atoms with E-state index < -0.39 is 5.97 Å². The second-order valence-corrected chi connectivity index (χ2v) is 4.36. The minimum atomic E-state index is -0.943. The molecule has 86 valence electrons. The third-order valence-corrected chi connectivity index (χ3v) is 3.21. The number of carbonyl (C=O) groups is 1. The van der Waals surface area contributed by atoms with Crippen molar-refractivity contribution >= 4 is 28.5 Å². The number of ether oxygens (including phenoxy) is 1. The number of hydrogen-bond donors (Lipinski definition) is 1. The predicted octanol–water partition coefficient (Wildman–Crippen LogP) is 1.08. The maximum atomic E-state index is 10.4. The molecule has 0 amide bonds. The number of aromatic nitrogens is 1. The Kier molecular flexibility index (Phi) is 3.53. The van der Waals surface area contributed by atoms with Crippen molar-refractivity contribution in [2.24, 2.45) is 0 Å². The summed E-state index contributed by atoms with van der Waals surface area (Å²) in [6.07, 6.45) is 4.37. The zero-order chi connectivity index (χ0) is 11.4. The first-order chi connectivity index (χ1) is 7.75. The average Bonchev–Trinajstić information content (AvgIpc) is 2.76. The Bertz CT molecular complexity index is 397. The molecule has 1 fully saturated rings. The number of morpholine rings is 1. The molecule has 0 bridgehead atoms. The van der Waals surface area contributed by atoms with E-state index in [1.165, 1.54) is 11.3 Å². The van der Waals surface area contributed by atoms with Crippen LogP contribution in [-0.4, -0.2) is 42.4 Å². The van der Waals surface area contributed by atoms with E-state index in [1.807, 2.05) is 0 Å². The molecule has 0 radical (unpaired) electrons. The van der Waals surface area contributed by atoms with E-state index in [4.69, 9.17) is 9.84 Å². The van der Waals surface area contributed by atoms with Crippen LogP contribution in [0.2, 0.25) is 0 Å². The number of hydrogen-bond acceptors (Lipinski definition) is 5. The van der Waals surface area contributed by atoms with Gasteiger partial charge in [0.25, 0.3) is 0 Å². The molecule has 16 heavy (non-hydrogen) atoms. The Morgan fingerprint density at radius 1 is 1.56 bits per heavy atom. The Labute approximate surface area is 97.0 Å². The van der Waals surface area contributed by atoms with Crippen molar-refractivity contribution in [2.45, 2.75) is 0 Å². The molecule has 2 heterocycles. The van der Waals surface area contributed by atoms with Gasteiger partial charge < -0.3 is 14.7 Å². The highest BCUT2D eigenvalue weighted by Crippen LogP contribution is 2.24. The van der Waals surface area contributed by atoms with Crippen LogP contribution in [0.4, 0.5) is 5.13 Å². The molecule has 0 unspecified atom stereocenters. The average molecular weight is 240 g/mol. The van der Waals surface area contributed by atoms with Gasteiger partial charge in [0.05, 0.1) is 13.2 Å². The lowest BCUT2D eigenvalue weighted by Crippen LogP contribution is -2.36. The number of nitrogens with zero attached hydrogens (tertiary/aromatic N) is 2. The summed E-state index contributed by atoms with van der Waals surface area (Å²) in [5.74, 6) is -0.943. The molecule has 1 aliphatic rings. The van der Waals surface area contributed by atoms with Gasteiger partial charge in [-0.3, -0.25) is 0 Å². The zero-order valence-corrected chi connectivity index (χ0v) is 9.44. The number of carboxylic acids is 1. The predicted molar refractivity (Wildman–Crippen MR) is 61.8 cm³/mol. The fourth-order valence-corrected chi connectivity index (χ4v) is 2.28. The first kappa shape index (κ1) is 11.1. The normalized spacial score (nSPS) is 16.9. The molecule has 6 heteroatoms. The summed E-state index contributed by atoms with van der Waals surface area (Å²) in [7, 11) is 0. The first-order valence-corrected chi connectivity index (χ1v) is 5.77. The summed E-state index contributed by atoms with van der Waals surface area (Å²) in [6.45, 7) is 3.13. The van der Waals surface area contributed by atoms with Gasteiger partial charge >= 0.3 is 5.97 Å². The summed E-state index contributed by atoms with van der Waals surface area (Å²) < 4.78 is 5.25. The van der Waals surface area contributed by atoms with Gasteiger partial charge in [-0.05, 0) is 6.08 Å². The number of thiazole rings is 1. The van der Waals surface area contributed by atoms with Crippen molar-refractivity contribution < 1.29 is 14.6 Å². The van der Waals surface area contributed by atoms with Gasteiger partial charge in [-0.15, -0.1) is 0 Å². The van der Waals surface area contributed by atoms with Crippen LogP contribution < -0.4 is 4.90 Å². The Hall–Kier alpha value is -1.40. The standard InChI is InChI=1S/C10H12N2O3S/c13-9(14)2-1-8-7-11-10(16-8)12-3-5-15-6-4-12/h1-2,7H,3-6H2,(H,13,14)/b2-1+. The van der Waals surface area contributed by atoms with Crippen LogP contribution in [0.25, 0.3) is 6.08 Å². The maximum Gasteiger partial charge on any atom is 0.328 e. The van der Waals surface area contributed by atoms with E-state index in [9.17, 15) is 4.79 Å². The fraction of sp³-hybridized carbons (Fsp3) is 0.400. The van der Waals surface area contributed by atoms with Crippen molar-refractivity contribution in [3.05, 3.63) is 17.2 Å². The molecule has 0 atom stereocenters. The molecule has 0 spiro atoms. The largest absolute Gasteiger partial charge is 0.478 e. The Morgan fingerprint density at radius 3 is 3.00 bits per heavy atom. The summed E-state index contributed by atoms with van der Waals surface area (Å²) >= 11 is 1.49. The van der Waals surface area contributed by atoms with E-state index in [2.05, 4.69) is 9.88 Å². The van der Waals surface area contributed by atoms with E-state index in [-0.39, 0.29) is 0 Å². The lowest BCUT2D eigenvalue weighted by molar-refractivity contribution is -0.131. The van der Waals surface area contributed by atoms with E-state index in [0.29, 0.717) is 0 Å². The highest BCUT2D eigenvalue weighted by Gasteiger charge is 2.13. The molecule has 1 aliphatic heterocycles. The minimum absolute atomic E-state index is 0.722. The van der Waals surface area contributed by atoms with Crippen LogP contribution in [0.1, 0.15) is 4.88 Å². The Balaban J connectivity index is 2.03. The highest BCUT2D eigenvalue weighted by atomic mass is 32.1. The van der Waals surface area contributed by atoms with E-state index in [1.54, 1.807) is 12.3 Å². The lowest BCUT2D eigenvalue weighted by atomic mass is 10.4. The second-order valence-electron chi connectivity index (χ2n) is 3.32. The zero-order valence-electron chi connectivity index (χ0n) is 8.63. The molecule has 1 aromatic heterocycles. The van der Waals surface area contributed by atoms with Crippen LogP contribution in [-0.2, 0) is 9.53 Å². The van der Waals surface area contributed by atoms with Crippen LogP contribution in [0, 0.1) is 0 Å². The quantitative estimate of drug-likeness (QED) is 0.801. The number of carboxylic acid groups (broad SMARTS) is 1. The van der Waals surface area contributed by atoms with Gasteiger partial charge in [-0.1, -0.05) is 11.3 Å². The maximum absolute atomic E-state index is 10.4. The van der Waals surface area contributed by atoms with Crippen molar-refractivity contribution in [2.75, 3.05) is 31.2 Å². The summed E-state index contributed by atoms with van der Waals surface area (Å²) in [5, 5.41) is 9.43. The molecule has 1 N–H and O–H groups in total. The smallest absolute Gasteiger partial charge is 0.328 e. The number of anilines is 1. The lowest BCUT2D eigenvalue weighted by Gasteiger charge is -2.25. The summed E-state index contributed by atoms with van der Waals surface area (Å²) in [4.78, 5) is 17.6. The van der Waals surface area contributed by atoms with Crippen LogP contribution in [0.5, 0.6) is 0 Å². The third-order valence-electron chi connectivity index (χ3n) is 2.18. The fourth-order valence-electron chi connectivity index (χ4n) is 1.41. The number of aliphatic carboxylic acids is 1. The molecule has 0 saturated carbocycles. The first-order valence-electron chi connectivity index (χ1n) is 4.95. The number of rotatable bonds is 3. The van der Waals surface area contributed by atoms with Crippen molar-refractivity contribution in [1.82, 2.24) is 4.98 Å². The van der Waals surface area contributed by atoms with Crippen molar-refractivity contribution in [3.8, 4) is 0 Å². The van der Waals surface area contributed by atoms with E-state index >= 15 is 0 Å². The van der Waals surface area contributed by atoms with Crippen LogP contribution in [0.3, 0.4) is 0 Å². The van der Waals surface area contributed by atoms with Gasteiger partial charge in [0.1, 0.15) is 0 Å². The molecular weight excluding hydrogens is 228 g/mol. The minimum Gasteiger partial charge on any atom is -0.478 e. The Morgan fingerprint density at radius 2 is 2.31 bits per heavy atom. The summed E-state index contributed by atoms with van der Waals surface area (Å²) in [6, 6.07) is 0. The van der Waals surface area contributed by atoms with Crippen molar-refractivity contribution in [3.63, 3.8) is 0 Å². The van der Waals surface area contributed by atoms with Gasteiger partial charge in [0.2, 0.25) is 0 Å².